The van der Waals surface area contributed by atoms with E-state index in [9.17, 15) is 4.79 Å². The maximum absolute atomic E-state index is 12.4. The molecule has 2 aromatic heterocycles. The number of fused-ring (bicyclic) bond motifs is 1. The minimum Gasteiger partial charge on any atom is -0.494 e. The number of imidazole rings is 1. The molecule has 0 fully saturated rings. The number of hydrogen-bond donors (Lipinski definition) is 1. The van der Waals surface area contributed by atoms with Gasteiger partial charge in [-0.25, -0.2) is 4.98 Å². The quantitative estimate of drug-likeness (QED) is 0.388. The second-order valence-corrected chi connectivity index (χ2v) is 7.95. The van der Waals surface area contributed by atoms with Crippen LogP contribution in [0.25, 0.3) is 11.0 Å². The Balaban J connectivity index is 1.37. The van der Waals surface area contributed by atoms with Gasteiger partial charge in [-0.05, 0) is 74.2 Å². The molecule has 0 spiro atoms. The van der Waals surface area contributed by atoms with Gasteiger partial charge in [-0.3, -0.25) is 9.78 Å². The van der Waals surface area contributed by atoms with E-state index >= 15 is 0 Å². The molecule has 4 aromatic rings. The van der Waals surface area contributed by atoms with Crippen molar-refractivity contribution in [3.8, 4) is 5.75 Å². The molecule has 0 aliphatic carbocycles. The Labute approximate surface area is 188 Å². The van der Waals surface area contributed by atoms with Crippen molar-refractivity contribution in [2.45, 2.75) is 39.8 Å². The molecule has 0 bridgehead atoms. The number of pyridine rings is 1. The van der Waals surface area contributed by atoms with Crippen LogP contribution in [0.5, 0.6) is 5.75 Å². The first-order chi connectivity index (χ1) is 15.6. The summed E-state index contributed by atoms with van der Waals surface area (Å²) in [6.07, 6.45) is 3.50. The summed E-state index contributed by atoms with van der Waals surface area (Å²) in [7, 11) is 0. The van der Waals surface area contributed by atoms with Crippen LogP contribution >= 0.6 is 0 Å². The number of carbonyl (C=O) groups is 1. The number of rotatable bonds is 9. The molecule has 0 unspecified atom stereocenters. The first-order valence-corrected chi connectivity index (χ1v) is 10.9. The van der Waals surface area contributed by atoms with Gasteiger partial charge in [0, 0.05) is 12.7 Å². The molecular weight excluding hydrogens is 400 g/mol. The molecule has 0 saturated heterocycles. The van der Waals surface area contributed by atoms with E-state index < -0.39 is 0 Å². The van der Waals surface area contributed by atoms with Crippen LogP contribution < -0.4 is 10.1 Å². The molecule has 6 heteroatoms. The normalized spacial score (nSPS) is 10.9. The highest BCUT2D eigenvalue weighted by Crippen LogP contribution is 2.19. The number of nitrogens with zero attached hydrogens (tertiary/aromatic N) is 3. The molecule has 0 radical (unpaired) electrons. The molecular formula is C26H28N4O2. The van der Waals surface area contributed by atoms with Crippen molar-refractivity contribution in [2.24, 2.45) is 0 Å². The summed E-state index contributed by atoms with van der Waals surface area (Å²) in [5.41, 5.74) is 4.83. The third kappa shape index (κ3) is 5.32. The number of unbranched alkanes of at least 4 members (excludes halogenated alkanes) is 1. The Bertz CT molecular complexity index is 1180. The Kier molecular flexibility index (Phi) is 6.80. The molecule has 1 amide bonds. The lowest BCUT2D eigenvalue weighted by molar-refractivity contribution is 0.0944. The monoisotopic (exact) mass is 428 g/mol. The maximum Gasteiger partial charge on any atom is 0.270 e. The lowest BCUT2D eigenvalue weighted by Gasteiger charge is -2.11. The van der Waals surface area contributed by atoms with E-state index in [2.05, 4.69) is 53.0 Å². The number of hydrogen-bond acceptors (Lipinski definition) is 4. The van der Waals surface area contributed by atoms with E-state index in [-0.39, 0.29) is 5.91 Å². The maximum atomic E-state index is 12.4. The number of amides is 1. The SMILES string of the molecule is Cc1cc(C)cc(OCCCCn2c(CNC(=O)c3ccccn3)nc3ccccc32)c1. The number of nitrogens with one attached hydrogen (secondary N) is 1. The Morgan fingerprint density at radius 2 is 1.78 bits per heavy atom. The summed E-state index contributed by atoms with van der Waals surface area (Å²) in [6, 6.07) is 19.6. The number of carbonyl (C=O) groups excluding carboxylic acids is 1. The van der Waals surface area contributed by atoms with Crippen molar-refractivity contribution in [2.75, 3.05) is 6.61 Å². The average molecular weight is 429 g/mol. The van der Waals surface area contributed by atoms with E-state index in [0.29, 0.717) is 18.8 Å². The summed E-state index contributed by atoms with van der Waals surface area (Å²) in [6.45, 7) is 5.99. The minimum absolute atomic E-state index is 0.203. The first-order valence-electron chi connectivity index (χ1n) is 10.9. The zero-order valence-electron chi connectivity index (χ0n) is 18.5. The molecule has 1 N–H and O–H groups in total. The van der Waals surface area contributed by atoms with Gasteiger partial charge in [0.25, 0.3) is 5.91 Å². The molecule has 0 aliphatic heterocycles. The van der Waals surface area contributed by atoms with Gasteiger partial charge >= 0.3 is 0 Å². The van der Waals surface area contributed by atoms with Crippen LogP contribution in [-0.2, 0) is 13.1 Å². The fourth-order valence-corrected chi connectivity index (χ4v) is 3.84. The number of para-hydroxylation sites is 2. The fraction of sp³-hybridized carbons (Fsp3) is 0.269. The van der Waals surface area contributed by atoms with Crippen molar-refractivity contribution in [1.82, 2.24) is 19.9 Å². The van der Waals surface area contributed by atoms with E-state index in [1.165, 1.54) is 11.1 Å². The van der Waals surface area contributed by atoms with Crippen molar-refractivity contribution < 1.29 is 9.53 Å². The van der Waals surface area contributed by atoms with Gasteiger partial charge in [0.05, 0.1) is 24.2 Å². The van der Waals surface area contributed by atoms with E-state index in [0.717, 1.165) is 42.0 Å². The number of benzene rings is 2. The molecule has 0 atom stereocenters. The van der Waals surface area contributed by atoms with Crippen molar-refractivity contribution in [3.63, 3.8) is 0 Å². The highest BCUT2D eigenvalue weighted by Gasteiger charge is 2.12. The van der Waals surface area contributed by atoms with Gasteiger partial charge in [0.15, 0.2) is 0 Å². The van der Waals surface area contributed by atoms with Crippen LogP contribution in [0.4, 0.5) is 0 Å². The Morgan fingerprint density at radius 1 is 1.00 bits per heavy atom. The van der Waals surface area contributed by atoms with Crippen molar-refractivity contribution in [3.05, 3.63) is 89.5 Å². The summed E-state index contributed by atoms with van der Waals surface area (Å²) in [5.74, 6) is 1.56. The van der Waals surface area contributed by atoms with Crippen LogP contribution in [0.3, 0.4) is 0 Å². The third-order valence-corrected chi connectivity index (χ3v) is 5.28. The zero-order valence-corrected chi connectivity index (χ0v) is 18.5. The highest BCUT2D eigenvalue weighted by atomic mass is 16.5. The topological polar surface area (TPSA) is 69.0 Å². The Hall–Kier alpha value is -3.67. The van der Waals surface area contributed by atoms with Gasteiger partial charge in [0.2, 0.25) is 0 Å². The van der Waals surface area contributed by atoms with Gasteiger partial charge in [0.1, 0.15) is 17.3 Å². The smallest absolute Gasteiger partial charge is 0.270 e. The third-order valence-electron chi connectivity index (χ3n) is 5.28. The molecule has 32 heavy (non-hydrogen) atoms. The summed E-state index contributed by atoms with van der Waals surface area (Å²) in [4.78, 5) is 21.2. The van der Waals surface area contributed by atoms with Gasteiger partial charge in [-0.1, -0.05) is 24.3 Å². The predicted molar refractivity (Wildman–Crippen MR) is 126 cm³/mol. The largest absolute Gasteiger partial charge is 0.494 e. The Morgan fingerprint density at radius 3 is 2.56 bits per heavy atom. The van der Waals surface area contributed by atoms with Crippen molar-refractivity contribution >= 4 is 16.9 Å². The van der Waals surface area contributed by atoms with E-state index in [1.54, 1.807) is 24.4 Å². The van der Waals surface area contributed by atoms with Crippen LogP contribution in [0.15, 0.2) is 66.9 Å². The fourth-order valence-electron chi connectivity index (χ4n) is 3.84. The van der Waals surface area contributed by atoms with E-state index in [1.807, 2.05) is 18.2 Å². The molecule has 164 valence electrons. The number of aryl methyl sites for hydroxylation is 3. The lowest BCUT2D eigenvalue weighted by atomic mass is 10.1. The molecule has 6 nitrogen and oxygen atoms in total. The second-order valence-electron chi connectivity index (χ2n) is 7.95. The summed E-state index contributed by atoms with van der Waals surface area (Å²) >= 11 is 0. The number of ether oxygens (including phenoxy) is 1. The minimum atomic E-state index is -0.203. The average Bonchev–Trinajstić information content (AvgIpc) is 3.14. The standard InChI is InChI=1S/C26H28N4O2/c1-19-15-20(2)17-21(16-19)32-14-8-7-13-30-24-11-4-3-9-22(24)29-25(30)18-28-26(31)23-10-5-6-12-27-23/h3-6,9-12,15-17H,7-8,13-14,18H2,1-2H3,(H,28,31). The van der Waals surface area contributed by atoms with Crippen LogP contribution in [0, 0.1) is 13.8 Å². The molecule has 0 aliphatic rings. The van der Waals surface area contributed by atoms with Crippen LogP contribution in [-0.4, -0.2) is 27.0 Å². The summed E-state index contributed by atoms with van der Waals surface area (Å²) in [5, 5.41) is 2.94. The molecule has 4 rings (SSSR count). The second kappa shape index (κ2) is 10.1. The van der Waals surface area contributed by atoms with E-state index in [4.69, 9.17) is 9.72 Å². The first kappa shape index (κ1) is 21.6. The van der Waals surface area contributed by atoms with Crippen LogP contribution in [0.2, 0.25) is 0 Å². The predicted octanol–water partition coefficient (Wildman–Crippen LogP) is 4.84. The van der Waals surface area contributed by atoms with Gasteiger partial charge in [-0.2, -0.15) is 0 Å². The van der Waals surface area contributed by atoms with Crippen LogP contribution in [0.1, 0.15) is 40.3 Å². The molecule has 2 aromatic carbocycles. The van der Waals surface area contributed by atoms with Gasteiger partial charge in [-0.15, -0.1) is 0 Å². The van der Waals surface area contributed by atoms with Gasteiger partial charge < -0.3 is 14.6 Å². The highest BCUT2D eigenvalue weighted by molar-refractivity contribution is 5.92. The summed E-state index contributed by atoms with van der Waals surface area (Å²) < 4.78 is 8.13. The number of aromatic nitrogens is 3. The van der Waals surface area contributed by atoms with Crippen molar-refractivity contribution in [1.29, 1.82) is 0 Å². The zero-order chi connectivity index (χ0) is 22.3. The molecule has 2 heterocycles. The molecule has 0 saturated carbocycles. The lowest BCUT2D eigenvalue weighted by Crippen LogP contribution is -2.25.